The summed E-state index contributed by atoms with van der Waals surface area (Å²) in [5.41, 5.74) is 3.24. The van der Waals surface area contributed by atoms with Crippen LogP contribution in [0, 0.1) is 0 Å². The molecule has 1 fully saturated rings. The summed E-state index contributed by atoms with van der Waals surface area (Å²) in [5.74, 6) is -0.195. The first-order chi connectivity index (χ1) is 13.7. The number of imidazole rings is 1. The average Bonchev–Trinajstić information content (AvgIpc) is 3.02. The van der Waals surface area contributed by atoms with Gasteiger partial charge in [0.2, 0.25) is 0 Å². The molecule has 1 amide bonds. The largest absolute Gasteiger partial charge is 0.391 e. The lowest BCUT2D eigenvalue weighted by Crippen LogP contribution is -2.42. The van der Waals surface area contributed by atoms with Crippen molar-refractivity contribution in [2.45, 2.75) is 57.2 Å². The standard InChI is InChI=1S/C22H26N4O2/c27-20-10-6-2-5-9-18(20)25-22(28)17-13-19-21(23-14-17)26(15-24-19)12-11-16-7-3-1-4-8-16/h1,3-4,7-8,13-15,18,20,27H,2,5-6,9-12H2,(H,25,28)/t18-,20-/m1/s1. The van der Waals surface area contributed by atoms with E-state index in [2.05, 4.69) is 27.4 Å². The minimum absolute atomic E-state index is 0.186. The first-order valence-electron chi connectivity index (χ1n) is 10.0. The van der Waals surface area contributed by atoms with Gasteiger partial charge in [0.05, 0.1) is 24.0 Å². The molecule has 4 rings (SSSR count). The molecule has 3 aromatic rings. The monoisotopic (exact) mass is 378 g/mol. The number of pyridine rings is 1. The van der Waals surface area contributed by atoms with E-state index in [1.165, 1.54) is 5.56 Å². The Balaban J connectivity index is 1.45. The molecule has 6 nitrogen and oxygen atoms in total. The number of aryl methyl sites for hydroxylation is 2. The van der Waals surface area contributed by atoms with Gasteiger partial charge < -0.3 is 15.0 Å². The Morgan fingerprint density at radius 2 is 1.96 bits per heavy atom. The van der Waals surface area contributed by atoms with Gasteiger partial charge in [-0.3, -0.25) is 4.79 Å². The minimum atomic E-state index is -0.472. The number of benzene rings is 1. The molecule has 2 aromatic heterocycles. The third-order valence-electron chi connectivity index (χ3n) is 5.50. The number of rotatable bonds is 5. The van der Waals surface area contributed by atoms with Crippen LogP contribution in [0.4, 0.5) is 0 Å². The molecule has 1 saturated carbocycles. The van der Waals surface area contributed by atoms with Gasteiger partial charge in [-0.2, -0.15) is 0 Å². The third kappa shape index (κ3) is 4.22. The predicted octanol–water partition coefficient (Wildman–Crippen LogP) is 3.10. The van der Waals surface area contributed by atoms with E-state index < -0.39 is 6.10 Å². The molecule has 28 heavy (non-hydrogen) atoms. The molecule has 2 heterocycles. The fourth-order valence-corrected chi connectivity index (χ4v) is 3.84. The van der Waals surface area contributed by atoms with Crippen molar-refractivity contribution >= 4 is 17.1 Å². The van der Waals surface area contributed by atoms with Crippen LogP contribution in [0.5, 0.6) is 0 Å². The molecule has 1 aliphatic rings. The molecule has 0 bridgehead atoms. The number of fused-ring (bicyclic) bond motifs is 1. The number of amides is 1. The van der Waals surface area contributed by atoms with Crippen LogP contribution in [0.25, 0.3) is 11.2 Å². The van der Waals surface area contributed by atoms with Crippen LogP contribution < -0.4 is 5.32 Å². The van der Waals surface area contributed by atoms with E-state index in [1.807, 2.05) is 22.8 Å². The number of aliphatic hydroxyl groups is 1. The van der Waals surface area contributed by atoms with Crippen molar-refractivity contribution in [2.75, 3.05) is 0 Å². The molecule has 2 N–H and O–H groups in total. The predicted molar refractivity (Wildman–Crippen MR) is 108 cm³/mol. The Morgan fingerprint density at radius 3 is 2.82 bits per heavy atom. The van der Waals surface area contributed by atoms with Crippen molar-refractivity contribution < 1.29 is 9.90 Å². The zero-order chi connectivity index (χ0) is 19.3. The minimum Gasteiger partial charge on any atom is -0.391 e. The van der Waals surface area contributed by atoms with E-state index in [1.54, 1.807) is 18.6 Å². The second-order valence-corrected chi connectivity index (χ2v) is 7.53. The van der Waals surface area contributed by atoms with E-state index in [0.717, 1.165) is 50.7 Å². The zero-order valence-corrected chi connectivity index (χ0v) is 15.9. The molecular formula is C22H26N4O2. The second-order valence-electron chi connectivity index (χ2n) is 7.53. The van der Waals surface area contributed by atoms with Crippen molar-refractivity contribution in [1.29, 1.82) is 0 Å². The van der Waals surface area contributed by atoms with E-state index in [-0.39, 0.29) is 11.9 Å². The molecular weight excluding hydrogens is 352 g/mol. The summed E-state index contributed by atoms with van der Waals surface area (Å²) < 4.78 is 2.01. The third-order valence-corrected chi connectivity index (χ3v) is 5.50. The fraction of sp³-hybridized carbons (Fsp3) is 0.409. The number of aromatic nitrogens is 3. The molecule has 0 spiro atoms. The molecule has 146 valence electrons. The van der Waals surface area contributed by atoms with Gasteiger partial charge >= 0.3 is 0 Å². The van der Waals surface area contributed by atoms with Crippen LogP contribution in [-0.4, -0.2) is 37.7 Å². The van der Waals surface area contributed by atoms with Crippen LogP contribution in [0.2, 0.25) is 0 Å². The van der Waals surface area contributed by atoms with Gasteiger partial charge in [-0.05, 0) is 30.9 Å². The van der Waals surface area contributed by atoms with Crippen molar-refractivity contribution in [3.05, 3.63) is 60.0 Å². The highest BCUT2D eigenvalue weighted by atomic mass is 16.3. The smallest absolute Gasteiger partial charge is 0.253 e. The van der Waals surface area contributed by atoms with Crippen LogP contribution in [0.3, 0.4) is 0 Å². The first-order valence-corrected chi connectivity index (χ1v) is 10.0. The average molecular weight is 378 g/mol. The maximum absolute atomic E-state index is 12.6. The van der Waals surface area contributed by atoms with Gasteiger partial charge in [0.15, 0.2) is 5.65 Å². The summed E-state index contributed by atoms with van der Waals surface area (Å²) in [4.78, 5) is 21.5. The quantitative estimate of drug-likeness (QED) is 0.669. The Hall–Kier alpha value is -2.73. The number of carbonyl (C=O) groups excluding carboxylic acids is 1. The maximum Gasteiger partial charge on any atom is 0.253 e. The van der Waals surface area contributed by atoms with Gasteiger partial charge in [-0.1, -0.05) is 49.6 Å². The molecule has 0 aliphatic heterocycles. The number of nitrogens with zero attached hydrogens (tertiary/aromatic N) is 3. The molecule has 1 aliphatic carbocycles. The summed E-state index contributed by atoms with van der Waals surface area (Å²) in [5, 5.41) is 13.2. The fourth-order valence-electron chi connectivity index (χ4n) is 3.84. The topological polar surface area (TPSA) is 80.0 Å². The number of aliphatic hydroxyl groups excluding tert-OH is 1. The van der Waals surface area contributed by atoms with Crippen molar-refractivity contribution in [1.82, 2.24) is 19.9 Å². The number of hydrogen-bond donors (Lipinski definition) is 2. The van der Waals surface area contributed by atoms with Crippen LogP contribution in [0.1, 0.15) is 48.0 Å². The summed E-state index contributed by atoms with van der Waals surface area (Å²) in [7, 11) is 0. The summed E-state index contributed by atoms with van der Waals surface area (Å²) >= 11 is 0. The van der Waals surface area contributed by atoms with Gasteiger partial charge in [-0.25, -0.2) is 9.97 Å². The van der Waals surface area contributed by atoms with Crippen molar-refractivity contribution in [2.24, 2.45) is 0 Å². The van der Waals surface area contributed by atoms with Crippen molar-refractivity contribution in [3.8, 4) is 0 Å². The summed E-state index contributed by atoms with van der Waals surface area (Å²) in [6.45, 7) is 0.785. The highest BCUT2D eigenvalue weighted by molar-refractivity contribution is 5.96. The highest BCUT2D eigenvalue weighted by Crippen LogP contribution is 2.19. The summed E-state index contributed by atoms with van der Waals surface area (Å²) in [6, 6.07) is 11.9. The Labute approximate surface area is 164 Å². The normalized spacial score (nSPS) is 20.0. The summed E-state index contributed by atoms with van der Waals surface area (Å²) in [6.07, 6.45) is 8.52. The number of nitrogens with one attached hydrogen (secondary N) is 1. The van der Waals surface area contributed by atoms with Gasteiger partial charge in [0.1, 0.15) is 5.52 Å². The number of carbonyl (C=O) groups is 1. The van der Waals surface area contributed by atoms with Gasteiger partial charge in [0.25, 0.3) is 5.91 Å². The van der Waals surface area contributed by atoms with Crippen LogP contribution in [0.15, 0.2) is 48.9 Å². The van der Waals surface area contributed by atoms with Crippen molar-refractivity contribution in [3.63, 3.8) is 0 Å². The Morgan fingerprint density at radius 1 is 1.14 bits per heavy atom. The van der Waals surface area contributed by atoms with E-state index >= 15 is 0 Å². The number of hydrogen-bond acceptors (Lipinski definition) is 4. The molecule has 2 atom stereocenters. The Kier molecular flexibility index (Phi) is 5.67. The zero-order valence-electron chi connectivity index (χ0n) is 15.9. The molecule has 0 saturated heterocycles. The lowest BCUT2D eigenvalue weighted by molar-refractivity contribution is 0.0818. The Bertz CT molecular complexity index is 938. The van der Waals surface area contributed by atoms with Crippen LogP contribution >= 0.6 is 0 Å². The van der Waals surface area contributed by atoms with Gasteiger partial charge in [-0.15, -0.1) is 0 Å². The van der Waals surface area contributed by atoms with Gasteiger partial charge in [0, 0.05) is 12.7 Å². The van der Waals surface area contributed by atoms with E-state index in [0.29, 0.717) is 11.1 Å². The lowest BCUT2D eigenvalue weighted by Gasteiger charge is -2.21. The van der Waals surface area contributed by atoms with E-state index in [4.69, 9.17) is 0 Å². The van der Waals surface area contributed by atoms with Crippen LogP contribution in [-0.2, 0) is 13.0 Å². The molecule has 6 heteroatoms. The maximum atomic E-state index is 12.6. The SMILES string of the molecule is O=C(N[C@@H]1CCCCC[C@H]1O)c1cnc2c(c1)ncn2CCc1ccccc1. The van der Waals surface area contributed by atoms with E-state index in [9.17, 15) is 9.90 Å². The highest BCUT2D eigenvalue weighted by Gasteiger charge is 2.24. The molecule has 0 radical (unpaired) electrons. The molecule has 1 aromatic carbocycles. The lowest BCUT2D eigenvalue weighted by atomic mass is 10.1. The molecule has 0 unspecified atom stereocenters. The second kappa shape index (κ2) is 8.52. The first kappa shape index (κ1) is 18.6.